The Morgan fingerprint density at radius 1 is 1.16 bits per heavy atom. The number of aliphatic carboxylic acids is 1. The van der Waals surface area contributed by atoms with Gasteiger partial charge in [0.05, 0.1) is 0 Å². The van der Waals surface area contributed by atoms with Crippen LogP contribution in [0.25, 0.3) is 0 Å². The first kappa shape index (κ1) is 12.2. The highest BCUT2D eigenvalue weighted by Crippen LogP contribution is 2.33. The Morgan fingerprint density at radius 3 is 2.21 bits per heavy atom. The number of carboxylic acid groups (broad SMARTS) is 1. The van der Waals surface area contributed by atoms with Gasteiger partial charge in [0, 0.05) is 5.92 Å². The lowest BCUT2D eigenvalue weighted by Gasteiger charge is -2.16. The minimum Gasteiger partial charge on any atom is -0.480 e. The number of hydrogen-bond acceptors (Lipinski definition) is 2. The van der Waals surface area contributed by atoms with E-state index in [1.807, 2.05) is 24.3 Å². The highest BCUT2D eigenvalue weighted by atomic mass is 16.4. The molecule has 2 aliphatic carbocycles. The van der Waals surface area contributed by atoms with Gasteiger partial charge in [-0.3, -0.25) is 4.79 Å². The molecule has 3 rings (SSSR count). The molecule has 1 unspecified atom stereocenters. The molecule has 0 aliphatic heterocycles. The fraction of sp³-hybridized carbons (Fsp3) is 0.467. The number of carboxylic acids is 1. The van der Waals surface area contributed by atoms with Gasteiger partial charge in [0.1, 0.15) is 6.04 Å². The van der Waals surface area contributed by atoms with Gasteiger partial charge in [0.25, 0.3) is 0 Å². The van der Waals surface area contributed by atoms with Crippen LogP contribution >= 0.6 is 0 Å². The minimum atomic E-state index is -0.911. The molecule has 0 spiro atoms. The molecule has 4 heteroatoms. The Bertz CT molecular complexity index is 497. The first-order valence-electron chi connectivity index (χ1n) is 6.75. The van der Waals surface area contributed by atoms with Crippen molar-refractivity contribution in [3.05, 3.63) is 35.4 Å². The average molecular weight is 259 g/mol. The third-order valence-corrected chi connectivity index (χ3v) is 4.08. The summed E-state index contributed by atoms with van der Waals surface area (Å²) in [5.41, 5.74) is 2.42. The second-order valence-electron chi connectivity index (χ2n) is 5.54. The van der Waals surface area contributed by atoms with Gasteiger partial charge in [-0.25, -0.2) is 4.79 Å². The number of hydrogen-bond donors (Lipinski definition) is 2. The molecule has 100 valence electrons. The van der Waals surface area contributed by atoms with E-state index < -0.39 is 12.0 Å². The normalized spacial score (nSPS) is 19.8. The van der Waals surface area contributed by atoms with Crippen LogP contribution in [0.4, 0.5) is 0 Å². The summed E-state index contributed by atoms with van der Waals surface area (Å²) in [5.74, 6) is -1.01. The summed E-state index contributed by atoms with van der Waals surface area (Å²) in [6, 6.07) is 7.33. The first-order valence-corrected chi connectivity index (χ1v) is 6.75. The SMILES string of the molecule is O=C(NC(C(=O)O)C1CC1)C1Cc2ccccc2C1. The highest BCUT2D eigenvalue weighted by Gasteiger charge is 2.39. The van der Waals surface area contributed by atoms with Crippen LogP contribution in [0.3, 0.4) is 0 Å². The van der Waals surface area contributed by atoms with E-state index in [2.05, 4.69) is 5.32 Å². The average Bonchev–Trinajstić information content (AvgIpc) is 3.12. The molecule has 2 aliphatic rings. The fourth-order valence-corrected chi connectivity index (χ4v) is 2.83. The van der Waals surface area contributed by atoms with Crippen LogP contribution < -0.4 is 5.32 Å². The Labute approximate surface area is 111 Å². The Hall–Kier alpha value is -1.84. The molecule has 1 fully saturated rings. The van der Waals surface area contributed by atoms with Crippen molar-refractivity contribution >= 4 is 11.9 Å². The molecule has 19 heavy (non-hydrogen) atoms. The lowest BCUT2D eigenvalue weighted by atomic mass is 10.0. The summed E-state index contributed by atoms with van der Waals surface area (Å²) < 4.78 is 0. The maximum Gasteiger partial charge on any atom is 0.326 e. The van der Waals surface area contributed by atoms with Crippen molar-refractivity contribution in [2.75, 3.05) is 0 Å². The van der Waals surface area contributed by atoms with Crippen LogP contribution in [0.15, 0.2) is 24.3 Å². The number of rotatable bonds is 4. The number of amides is 1. The minimum absolute atomic E-state index is 0.113. The largest absolute Gasteiger partial charge is 0.480 e. The molecule has 4 nitrogen and oxygen atoms in total. The molecule has 0 radical (unpaired) electrons. The van der Waals surface area contributed by atoms with Crippen LogP contribution in [0.5, 0.6) is 0 Å². The number of carbonyl (C=O) groups is 2. The standard InChI is InChI=1S/C15H17NO3/c17-14(16-13(15(18)19)9-5-6-9)12-7-10-3-1-2-4-11(10)8-12/h1-4,9,12-13H,5-8H2,(H,16,17)(H,18,19). The molecular formula is C15H17NO3. The third-order valence-electron chi connectivity index (χ3n) is 4.08. The monoisotopic (exact) mass is 259 g/mol. The molecule has 0 heterocycles. The van der Waals surface area contributed by atoms with Gasteiger partial charge in [-0.15, -0.1) is 0 Å². The van der Waals surface area contributed by atoms with Crippen LogP contribution in [-0.4, -0.2) is 23.0 Å². The number of nitrogens with one attached hydrogen (secondary N) is 1. The Balaban J connectivity index is 1.64. The smallest absolute Gasteiger partial charge is 0.326 e. The molecule has 1 aromatic carbocycles. The van der Waals surface area contributed by atoms with Gasteiger partial charge in [-0.2, -0.15) is 0 Å². The summed E-state index contributed by atoms with van der Waals surface area (Å²) in [6.45, 7) is 0. The molecule has 0 saturated heterocycles. The van der Waals surface area contributed by atoms with Crippen LogP contribution in [0, 0.1) is 11.8 Å². The number of carbonyl (C=O) groups excluding carboxylic acids is 1. The molecule has 1 atom stereocenters. The number of benzene rings is 1. The predicted octanol–water partition coefficient (Wildman–Crippen LogP) is 1.38. The molecule has 0 bridgehead atoms. The van der Waals surface area contributed by atoms with Gasteiger partial charge < -0.3 is 10.4 Å². The summed E-state index contributed by atoms with van der Waals surface area (Å²) in [7, 11) is 0. The zero-order valence-electron chi connectivity index (χ0n) is 10.6. The predicted molar refractivity (Wildman–Crippen MR) is 69.6 cm³/mol. The topological polar surface area (TPSA) is 66.4 Å². The van der Waals surface area contributed by atoms with Crippen molar-refractivity contribution in [2.45, 2.75) is 31.7 Å². The molecular weight excluding hydrogens is 242 g/mol. The third kappa shape index (κ3) is 2.48. The highest BCUT2D eigenvalue weighted by molar-refractivity contribution is 5.86. The molecule has 1 aromatic rings. The zero-order chi connectivity index (χ0) is 13.4. The quantitative estimate of drug-likeness (QED) is 0.858. The summed E-state index contributed by atoms with van der Waals surface area (Å²) >= 11 is 0. The molecule has 1 amide bonds. The van der Waals surface area contributed by atoms with E-state index in [0.717, 1.165) is 25.7 Å². The van der Waals surface area contributed by atoms with E-state index in [-0.39, 0.29) is 17.7 Å². The molecule has 1 saturated carbocycles. The summed E-state index contributed by atoms with van der Waals surface area (Å²) in [5, 5.41) is 11.9. The van der Waals surface area contributed by atoms with Crippen LogP contribution in [0.2, 0.25) is 0 Å². The number of fused-ring (bicyclic) bond motifs is 1. The lowest BCUT2D eigenvalue weighted by molar-refractivity contribution is -0.143. The molecule has 2 N–H and O–H groups in total. The maximum atomic E-state index is 12.2. The van der Waals surface area contributed by atoms with Gasteiger partial charge in [-0.05, 0) is 42.7 Å². The van der Waals surface area contributed by atoms with Crippen molar-refractivity contribution in [1.82, 2.24) is 5.32 Å². The Morgan fingerprint density at radius 2 is 1.74 bits per heavy atom. The first-order chi connectivity index (χ1) is 9.15. The molecule has 0 aromatic heterocycles. The van der Waals surface area contributed by atoms with Gasteiger partial charge >= 0.3 is 5.97 Å². The lowest BCUT2D eigenvalue weighted by Crippen LogP contribution is -2.45. The van der Waals surface area contributed by atoms with Crippen molar-refractivity contribution in [3.8, 4) is 0 Å². The van der Waals surface area contributed by atoms with Crippen molar-refractivity contribution < 1.29 is 14.7 Å². The maximum absolute atomic E-state index is 12.2. The van der Waals surface area contributed by atoms with E-state index in [1.165, 1.54) is 11.1 Å². The van der Waals surface area contributed by atoms with Crippen molar-refractivity contribution in [2.24, 2.45) is 11.8 Å². The fourth-order valence-electron chi connectivity index (χ4n) is 2.83. The zero-order valence-corrected chi connectivity index (χ0v) is 10.6. The van der Waals surface area contributed by atoms with Gasteiger partial charge in [0.2, 0.25) is 5.91 Å². The van der Waals surface area contributed by atoms with Crippen molar-refractivity contribution in [3.63, 3.8) is 0 Å². The van der Waals surface area contributed by atoms with Crippen molar-refractivity contribution in [1.29, 1.82) is 0 Å². The Kier molecular flexibility index (Phi) is 3.01. The van der Waals surface area contributed by atoms with Gasteiger partial charge in [0.15, 0.2) is 0 Å². The summed E-state index contributed by atoms with van der Waals surface area (Å²) in [4.78, 5) is 23.3. The van der Waals surface area contributed by atoms with Gasteiger partial charge in [-0.1, -0.05) is 24.3 Å². The van der Waals surface area contributed by atoms with E-state index in [1.54, 1.807) is 0 Å². The van der Waals surface area contributed by atoms with Crippen LogP contribution in [-0.2, 0) is 22.4 Å². The van der Waals surface area contributed by atoms with E-state index in [9.17, 15) is 9.59 Å². The second kappa shape index (κ2) is 4.68. The van der Waals surface area contributed by atoms with E-state index in [4.69, 9.17) is 5.11 Å². The van der Waals surface area contributed by atoms with E-state index in [0.29, 0.717) is 0 Å². The summed E-state index contributed by atoms with van der Waals surface area (Å²) in [6.07, 6.45) is 3.25. The van der Waals surface area contributed by atoms with Crippen LogP contribution in [0.1, 0.15) is 24.0 Å². The van der Waals surface area contributed by atoms with E-state index >= 15 is 0 Å². The second-order valence-corrected chi connectivity index (χ2v) is 5.54.